The third-order valence-electron chi connectivity index (χ3n) is 4.48. The molecule has 5 heteroatoms. The van der Waals surface area contributed by atoms with Crippen LogP contribution in [0.4, 0.5) is 17.1 Å². The van der Waals surface area contributed by atoms with Crippen LogP contribution in [0.25, 0.3) is 0 Å². The molecule has 0 saturated heterocycles. The minimum atomic E-state index is -0.361. The molecule has 1 atom stereocenters. The third-order valence-corrected chi connectivity index (χ3v) is 4.48. The van der Waals surface area contributed by atoms with Crippen molar-refractivity contribution in [1.82, 2.24) is 0 Å². The van der Waals surface area contributed by atoms with E-state index in [4.69, 9.17) is 4.99 Å². The van der Waals surface area contributed by atoms with Crippen LogP contribution in [-0.4, -0.2) is 10.6 Å². The van der Waals surface area contributed by atoms with Gasteiger partial charge in [0.15, 0.2) is 0 Å². The van der Waals surface area contributed by atoms with Crippen molar-refractivity contribution >= 4 is 22.8 Å². The quantitative estimate of drug-likeness (QED) is 0.520. The van der Waals surface area contributed by atoms with Gasteiger partial charge in [-0.15, -0.1) is 0 Å². The van der Waals surface area contributed by atoms with Gasteiger partial charge in [-0.2, -0.15) is 0 Å². The van der Waals surface area contributed by atoms with Gasteiger partial charge in [0.05, 0.1) is 28.1 Å². The second-order valence-corrected chi connectivity index (χ2v) is 6.19. The molecule has 0 unspecified atom stereocenters. The number of anilines is 1. The van der Waals surface area contributed by atoms with Gasteiger partial charge in [0, 0.05) is 18.6 Å². The monoisotopic (exact) mass is 343 g/mol. The Balaban J connectivity index is 1.79. The molecule has 5 nitrogen and oxygen atoms in total. The fraction of sp³-hybridized carbons (Fsp3) is 0.0952. The fourth-order valence-corrected chi connectivity index (χ4v) is 3.19. The normalized spacial score (nSPS) is 16.0. The van der Waals surface area contributed by atoms with E-state index in [0.717, 1.165) is 28.2 Å². The lowest BCUT2D eigenvalue weighted by atomic mass is 9.97. The molecule has 1 aliphatic heterocycles. The number of rotatable bonds is 3. The molecule has 3 aromatic rings. The first kappa shape index (κ1) is 16.0. The Kier molecular flexibility index (Phi) is 4.19. The largest absolute Gasteiger partial charge is 0.376 e. The maximum Gasteiger partial charge on any atom is 0.269 e. The minimum absolute atomic E-state index is 0.0973. The van der Waals surface area contributed by atoms with E-state index < -0.39 is 0 Å². The van der Waals surface area contributed by atoms with E-state index >= 15 is 0 Å². The van der Waals surface area contributed by atoms with E-state index in [9.17, 15) is 10.1 Å². The molecule has 26 heavy (non-hydrogen) atoms. The van der Waals surface area contributed by atoms with Crippen LogP contribution in [0.1, 0.15) is 23.6 Å². The first-order chi connectivity index (χ1) is 12.7. The second kappa shape index (κ2) is 6.80. The zero-order chi connectivity index (χ0) is 17.9. The molecule has 128 valence electrons. The van der Waals surface area contributed by atoms with E-state index in [0.29, 0.717) is 6.42 Å². The highest BCUT2D eigenvalue weighted by Crippen LogP contribution is 2.35. The average molecular weight is 343 g/mol. The van der Waals surface area contributed by atoms with Crippen molar-refractivity contribution < 1.29 is 4.92 Å². The predicted octanol–water partition coefficient (Wildman–Crippen LogP) is 5.27. The fourth-order valence-electron chi connectivity index (χ4n) is 3.19. The Labute approximate surface area is 151 Å². The summed E-state index contributed by atoms with van der Waals surface area (Å²) in [6.45, 7) is 0. The SMILES string of the molecule is O=[N+]([O-])c1cccc([C@H]2CC(c3ccccc3)=Nc3ccccc3N2)c1. The molecule has 1 aliphatic rings. The van der Waals surface area contributed by atoms with Crippen molar-refractivity contribution in [2.75, 3.05) is 5.32 Å². The van der Waals surface area contributed by atoms with Crippen molar-refractivity contribution in [1.29, 1.82) is 0 Å². The van der Waals surface area contributed by atoms with Crippen molar-refractivity contribution in [3.8, 4) is 0 Å². The van der Waals surface area contributed by atoms with Crippen LogP contribution >= 0.6 is 0 Å². The van der Waals surface area contributed by atoms with Crippen molar-refractivity contribution in [2.24, 2.45) is 4.99 Å². The number of nitro benzene ring substituents is 1. The lowest BCUT2D eigenvalue weighted by molar-refractivity contribution is -0.384. The summed E-state index contributed by atoms with van der Waals surface area (Å²) in [7, 11) is 0. The third kappa shape index (κ3) is 3.19. The minimum Gasteiger partial charge on any atom is -0.376 e. The predicted molar refractivity (Wildman–Crippen MR) is 103 cm³/mol. The highest BCUT2D eigenvalue weighted by Gasteiger charge is 2.22. The zero-order valence-electron chi connectivity index (χ0n) is 14.0. The smallest absolute Gasteiger partial charge is 0.269 e. The number of nitro groups is 1. The number of non-ortho nitro benzene ring substituents is 1. The van der Waals surface area contributed by atoms with Gasteiger partial charge in [-0.1, -0.05) is 54.6 Å². The van der Waals surface area contributed by atoms with Crippen LogP contribution in [0, 0.1) is 10.1 Å². The molecule has 1 heterocycles. The summed E-state index contributed by atoms with van der Waals surface area (Å²) in [6, 6.07) is 24.6. The molecular weight excluding hydrogens is 326 g/mol. The number of hydrogen-bond donors (Lipinski definition) is 1. The molecule has 4 rings (SSSR count). The number of para-hydroxylation sites is 2. The van der Waals surface area contributed by atoms with Gasteiger partial charge in [0.2, 0.25) is 0 Å². The van der Waals surface area contributed by atoms with Gasteiger partial charge >= 0.3 is 0 Å². The van der Waals surface area contributed by atoms with E-state index in [1.165, 1.54) is 6.07 Å². The van der Waals surface area contributed by atoms with E-state index in [-0.39, 0.29) is 16.7 Å². The van der Waals surface area contributed by atoms with Gasteiger partial charge in [-0.3, -0.25) is 15.1 Å². The van der Waals surface area contributed by atoms with Crippen LogP contribution in [0.5, 0.6) is 0 Å². The summed E-state index contributed by atoms with van der Waals surface area (Å²) < 4.78 is 0. The summed E-state index contributed by atoms with van der Waals surface area (Å²) in [5, 5.41) is 14.7. The van der Waals surface area contributed by atoms with Crippen LogP contribution < -0.4 is 5.32 Å². The number of nitrogens with zero attached hydrogens (tertiary/aromatic N) is 2. The van der Waals surface area contributed by atoms with E-state index in [1.54, 1.807) is 12.1 Å². The van der Waals surface area contributed by atoms with Crippen LogP contribution in [-0.2, 0) is 0 Å². The molecule has 3 aromatic carbocycles. The molecule has 0 spiro atoms. The Morgan fingerprint density at radius 3 is 2.54 bits per heavy atom. The highest BCUT2D eigenvalue weighted by atomic mass is 16.6. The summed E-state index contributed by atoms with van der Waals surface area (Å²) in [6.07, 6.45) is 0.639. The van der Waals surface area contributed by atoms with Gasteiger partial charge in [-0.05, 0) is 23.3 Å². The topological polar surface area (TPSA) is 67.5 Å². The maximum absolute atomic E-state index is 11.1. The molecular formula is C21H17N3O2. The Hall–Kier alpha value is -3.47. The number of aliphatic imine (C=N–C) groups is 1. The first-order valence-electron chi connectivity index (χ1n) is 8.43. The number of fused-ring (bicyclic) bond motifs is 1. The number of benzene rings is 3. The standard InChI is InChI=1S/C21H17N3O2/c25-24(26)17-10-6-9-16(13-17)21-14-20(15-7-2-1-3-8-15)22-18-11-4-5-12-19(18)23-21/h1-13,21,23H,14H2/t21-/m1/s1. The Bertz CT molecular complexity index is 983. The number of hydrogen-bond acceptors (Lipinski definition) is 4. The van der Waals surface area contributed by atoms with Gasteiger partial charge in [-0.25, -0.2) is 0 Å². The number of nitrogens with one attached hydrogen (secondary N) is 1. The van der Waals surface area contributed by atoms with Gasteiger partial charge in [0.25, 0.3) is 5.69 Å². The molecule has 0 fully saturated rings. The average Bonchev–Trinajstić information content (AvgIpc) is 2.88. The van der Waals surface area contributed by atoms with Gasteiger partial charge in [0.1, 0.15) is 0 Å². The van der Waals surface area contributed by atoms with Crippen LogP contribution in [0.15, 0.2) is 83.9 Å². The summed E-state index contributed by atoms with van der Waals surface area (Å²) in [4.78, 5) is 15.7. The zero-order valence-corrected chi connectivity index (χ0v) is 14.0. The Morgan fingerprint density at radius 1 is 0.962 bits per heavy atom. The molecule has 0 bridgehead atoms. The first-order valence-corrected chi connectivity index (χ1v) is 8.43. The molecule has 0 radical (unpaired) electrons. The van der Waals surface area contributed by atoms with Gasteiger partial charge < -0.3 is 5.32 Å². The van der Waals surface area contributed by atoms with Crippen molar-refractivity contribution in [2.45, 2.75) is 12.5 Å². The maximum atomic E-state index is 11.1. The van der Waals surface area contributed by atoms with Crippen molar-refractivity contribution in [3.63, 3.8) is 0 Å². The van der Waals surface area contributed by atoms with Crippen molar-refractivity contribution in [3.05, 3.63) is 100 Å². The molecule has 0 aliphatic carbocycles. The lowest BCUT2D eigenvalue weighted by Crippen LogP contribution is -2.14. The molecule has 0 aromatic heterocycles. The molecule has 0 amide bonds. The second-order valence-electron chi connectivity index (χ2n) is 6.19. The summed E-state index contributed by atoms with van der Waals surface area (Å²) in [5.74, 6) is 0. The summed E-state index contributed by atoms with van der Waals surface area (Å²) >= 11 is 0. The van der Waals surface area contributed by atoms with Crippen LogP contribution in [0.2, 0.25) is 0 Å². The lowest BCUT2D eigenvalue weighted by Gasteiger charge is -2.19. The summed E-state index contributed by atoms with van der Waals surface area (Å²) in [5.41, 5.74) is 4.79. The van der Waals surface area contributed by atoms with E-state index in [1.807, 2.05) is 60.7 Å². The molecule has 1 N–H and O–H groups in total. The van der Waals surface area contributed by atoms with E-state index in [2.05, 4.69) is 5.32 Å². The highest BCUT2D eigenvalue weighted by molar-refractivity contribution is 6.04. The van der Waals surface area contributed by atoms with Crippen LogP contribution in [0.3, 0.4) is 0 Å². The molecule has 0 saturated carbocycles. The Morgan fingerprint density at radius 2 is 1.73 bits per heavy atom.